The molecule has 0 saturated carbocycles. The van der Waals surface area contributed by atoms with Crippen molar-refractivity contribution >= 4 is 0 Å². The van der Waals surface area contributed by atoms with E-state index in [4.69, 9.17) is 5.53 Å². The van der Waals surface area contributed by atoms with Gasteiger partial charge in [0.15, 0.2) is 0 Å². The molecule has 110 valence electrons. The number of rotatable bonds is 7. The Hall–Kier alpha value is -1.96. The molecule has 20 heavy (non-hydrogen) atoms. The number of alkyl halides is 2. The third-order valence-electron chi connectivity index (χ3n) is 2.48. The molecule has 2 atom stereocenters. The predicted molar refractivity (Wildman–Crippen MR) is 62.6 cm³/mol. The number of halogens is 3. The summed E-state index contributed by atoms with van der Waals surface area (Å²) in [4.78, 5) is 2.45. The number of nitrogens with zero attached hydrogens (tertiary/aromatic N) is 3. The number of hydrogen-bond donors (Lipinski definition) is 2. The number of aliphatic hydroxyl groups excluding tert-OH is 2. The van der Waals surface area contributed by atoms with Crippen LogP contribution in [-0.4, -0.2) is 29.5 Å². The molecular weight excluding hydrogens is 279 g/mol. The molecule has 6 nitrogen and oxygen atoms in total. The van der Waals surface area contributed by atoms with Gasteiger partial charge >= 0.3 is 6.61 Å². The maximum Gasteiger partial charge on any atom is 0.387 e. The van der Waals surface area contributed by atoms with Crippen molar-refractivity contribution in [3.05, 3.63) is 40.0 Å². The highest BCUT2D eigenvalue weighted by molar-refractivity contribution is 5.37. The zero-order chi connectivity index (χ0) is 15.1. The molecule has 2 N–H and O–H groups in total. The van der Waals surface area contributed by atoms with Crippen LogP contribution in [-0.2, 0) is 0 Å². The van der Waals surface area contributed by atoms with Crippen molar-refractivity contribution in [1.82, 2.24) is 0 Å². The lowest BCUT2D eigenvalue weighted by Gasteiger charge is -2.20. The third kappa shape index (κ3) is 4.30. The Labute approximate surface area is 112 Å². The monoisotopic (exact) mass is 291 g/mol. The standard InChI is InChI=1S/C11H12F3N3O3/c12-6-2-1-3-8(20-11(13)14)9(6)10(19)7(18)4-5-16-17-15/h1-3,7,10-11,18-19H,4-5H2. The SMILES string of the molecule is [N-]=[N+]=NCCC(O)C(O)c1c(F)cccc1OC(F)F. The summed E-state index contributed by atoms with van der Waals surface area (Å²) in [6.07, 6.45) is -3.43. The number of aliphatic hydroxyl groups is 2. The molecule has 0 bridgehead atoms. The van der Waals surface area contributed by atoms with Crippen molar-refractivity contribution in [3.8, 4) is 5.75 Å². The summed E-state index contributed by atoms with van der Waals surface area (Å²) in [6, 6.07) is 3.13. The molecule has 0 fully saturated rings. The van der Waals surface area contributed by atoms with Crippen LogP contribution in [0.15, 0.2) is 23.3 Å². The van der Waals surface area contributed by atoms with Crippen LogP contribution in [0.2, 0.25) is 0 Å². The average molecular weight is 291 g/mol. The molecule has 1 aromatic rings. The molecule has 0 radical (unpaired) electrons. The van der Waals surface area contributed by atoms with Crippen LogP contribution in [0, 0.1) is 5.82 Å². The van der Waals surface area contributed by atoms with Crippen LogP contribution < -0.4 is 4.74 Å². The Morgan fingerprint density at radius 1 is 1.35 bits per heavy atom. The second kappa shape index (κ2) is 7.59. The quantitative estimate of drug-likeness (QED) is 0.458. The molecule has 1 aromatic carbocycles. The van der Waals surface area contributed by atoms with Gasteiger partial charge in [0, 0.05) is 11.5 Å². The van der Waals surface area contributed by atoms with Crippen LogP contribution in [0.4, 0.5) is 13.2 Å². The van der Waals surface area contributed by atoms with E-state index < -0.39 is 35.9 Å². The van der Waals surface area contributed by atoms with Gasteiger partial charge < -0.3 is 14.9 Å². The lowest BCUT2D eigenvalue weighted by molar-refractivity contribution is -0.0544. The topological polar surface area (TPSA) is 98.5 Å². The van der Waals surface area contributed by atoms with Gasteiger partial charge in [-0.25, -0.2) is 4.39 Å². The zero-order valence-corrected chi connectivity index (χ0v) is 10.2. The summed E-state index contributed by atoms with van der Waals surface area (Å²) in [5.41, 5.74) is 7.50. The highest BCUT2D eigenvalue weighted by Crippen LogP contribution is 2.31. The van der Waals surface area contributed by atoms with Crippen LogP contribution in [0.5, 0.6) is 5.75 Å². The Bertz CT molecular complexity index is 495. The fraction of sp³-hybridized carbons (Fsp3) is 0.455. The molecule has 0 spiro atoms. The van der Waals surface area contributed by atoms with E-state index in [0.717, 1.165) is 18.2 Å². The maximum absolute atomic E-state index is 13.6. The normalized spacial score (nSPS) is 13.7. The average Bonchev–Trinajstić information content (AvgIpc) is 2.37. The summed E-state index contributed by atoms with van der Waals surface area (Å²) in [5, 5.41) is 22.6. The number of azide groups is 1. The Morgan fingerprint density at radius 3 is 2.65 bits per heavy atom. The minimum atomic E-state index is -3.19. The smallest absolute Gasteiger partial charge is 0.387 e. The molecule has 9 heteroatoms. The number of benzene rings is 1. The predicted octanol–water partition coefficient (Wildman–Crippen LogP) is 2.52. The van der Waals surface area contributed by atoms with Gasteiger partial charge in [0.05, 0.1) is 11.7 Å². The maximum atomic E-state index is 13.6. The molecule has 0 aliphatic rings. The third-order valence-corrected chi connectivity index (χ3v) is 2.48. The van der Waals surface area contributed by atoms with Crippen LogP contribution in [0.25, 0.3) is 10.4 Å². The van der Waals surface area contributed by atoms with Gasteiger partial charge in [-0.3, -0.25) is 0 Å². The summed E-state index contributed by atoms with van der Waals surface area (Å²) < 4.78 is 42.1. The van der Waals surface area contributed by atoms with Crippen molar-refractivity contribution in [2.24, 2.45) is 5.11 Å². The van der Waals surface area contributed by atoms with Crippen molar-refractivity contribution in [1.29, 1.82) is 0 Å². The number of ether oxygens (including phenoxy) is 1. The van der Waals surface area contributed by atoms with Crippen molar-refractivity contribution < 1.29 is 28.1 Å². The first-order chi connectivity index (χ1) is 9.47. The van der Waals surface area contributed by atoms with Crippen molar-refractivity contribution in [3.63, 3.8) is 0 Å². The Kier molecular flexibility index (Phi) is 6.10. The molecule has 1 rings (SSSR count). The molecule has 0 saturated heterocycles. The minimum Gasteiger partial charge on any atom is -0.434 e. The lowest BCUT2D eigenvalue weighted by atomic mass is 10.0. The molecule has 0 aliphatic heterocycles. The lowest BCUT2D eigenvalue weighted by Crippen LogP contribution is -2.21. The summed E-state index contributed by atoms with van der Waals surface area (Å²) in [6.45, 7) is -3.32. The van der Waals surface area contributed by atoms with E-state index in [1.807, 2.05) is 0 Å². The largest absolute Gasteiger partial charge is 0.434 e. The van der Waals surface area contributed by atoms with Crippen LogP contribution in [0.3, 0.4) is 0 Å². The molecule has 0 aromatic heterocycles. The van der Waals surface area contributed by atoms with E-state index in [-0.39, 0.29) is 13.0 Å². The van der Waals surface area contributed by atoms with E-state index in [2.05, 4.69) is 14.8 Å². The fourth-order valence-corrected chi connectivity index (χ4v) is 1.59. The second-order valence-corrected chi connectivity index (χ2v) is 3.79. The van der Waals surface area contributed by atoms with E-state index in [1.54, 1.807) is 0 Å². The van der Waals surface area contributed by atoms with Crippen LogP contribution in [0.1, 0.15) is 18.1 Å². The number of hydrogen-bond acceptors (Lipinski definition) is 4. The first kappa shape index (κ1) is 16.1. The van der Waals surface area contributed by atoms with E-state index >= 15 is 0 Å². The second-order valence-electron chi connectivity index (χ2n) is 3.79. The first-order valence-corrected chi connectivity index (χ1v) is 5.57. The molecule has 0 aliphatic carbocycles. The van der Waals surface area contributed by atoms with Crippen LogP contribution >= 0.6 is 0 Å². The molecule has 2 unspecified atom stereocenters. The zero-order valence-electron chi connectivity index (χ0n) is 10.2. The molecule has 0 amide bonds. The summed E-state index contributed by atoms with van der Waals surface area (Å²) >= 11 is 0. The van der Waals surface area contributed by atoms with Gasteiger partial charge in [-0.2, -0.15) is 8.78 Å². The fourth-order valence-electron chi connectivity index (χ4n) is 1.59. The van der Waals surface area contributed by atoms with E-state index in [1.165, 1.54) is 0 Å². The Balaban J connectivity index is 2.95. The van der Waals surface area contributed by atoms with Gasteiger partial charge in [-0.15, -0.1) is 0 Å². The van der Waals surface area contributed by atoms with E-state index in [0.29, 0.717) is 0 Å². The van der Waals surface area contributed by atoms with Gasteiger partial charge in [0.2, 0.25) is 0 Å². The highest BCUT2D eigenvalue weighted by atomic mass is 19.3. The summed E-state index contributed by atoms with van der Waals surface area (Å²) in [5.74, 6) is -1.55. The Morgan fingerprint density at radius 2 is 2.05 bits per heavy atom. The van der Waals surface area contributed by atoms with Crippen molar-refractivity contribution in [2.75, 3.05) is 6.54 Å². The van der Waals surface area contributed by atoms with Gasteiger partial charge in [-0.05, 0) is 24.1 Å². The van der Waals surface area contributed by atoms with E-state index in [9.17, 15) is 23.4 Å². The first-order valence-electron chi connectivity index (χ1n) is 5.57. The molecule has 0 heterocycles. The van der Waals surface area contributed by atoms with Gasteiger partial charge in [0.1, 0.15) is 17.7 Å². The minimum absolute atomic E-state index is 0.131. The highest BCUT2D eigenvalue weighted by Gasteiger charge is 2.26. The van der Waals surface area contributed by atoms with Gasteiger partial charge in [-0.1, -0.05) is 11.2 Å². The molecular formula is C11H12F3N3O3. The van der Waals surface area contributed by atoms with Gasteiger partial charge in [0.25, 0.3) is 0 Å². The van der Waals surface area contributed by atoms with Crippen molar-refractivity contribution in [2.45, 2.75) is 25.2 Å². The summed E-state index contributed by atoms with van der Waals surface area (Å²) in [7, 11) is 0.